The maximum atomic E-state index is 4.58. The lowest BCUT2D eigenvalue weighted by Gasteiger charge is -2.28. The molecule has 2 aromatic rings. The minimum absolute atomic E-state index is 0.566. The van der Waals surface area contributed by atoms with Gasteiger partial charge in [-0.05, 0) is 37.7 Å². The van der Waals surface area contributed by atoms with Crippen LogP contribution in [0.25, 0.3) is 11.0 Å². The van der Waals surface area contributed by atoms with E-state index < -0.39 is 0 Å². The molecule has 0 amide bonds. The third kappa shape index (κ3) is 2.48. The Hall–Kier alpha value is -1.16. The van der Waals surface area contributed by atoms with Crippen molar-refractivity contribution in [3.8, 4) is 0 Å². The summed E-state index contributed by atoms with van der Waals surface area (Å²) in [6.45, 7) is 0. The third-order valence-corrected chi connectivity index (χ3v) is 4.78. The van der Waals surface area contributed by atoms with Crippen molar-refractivity contribution in [2.45, 2.75) is 37.0 Å². The fraction of sp³-hybridized carbons (Fsp3) is 0.500. The SMILES string of the molecule is CSC1CCCC(Nc2nc3ccccc3[nH]2)C1. The van der Waals surface area contributed by atoms with Crippen LogP contribution in [-0.4, -0.2) is 27.5 Å². The molecule has 2 atom stereocenters. The Bertz CT molecular complexity index is 489. The zero-order valence-corrected chi connectivity index (χ0v) is 11.5. The van der Waals surface area contributed by atoms with Crippen LogP contribution < -0.4 is 5.32 Å². The second kappa shape index (κ2) is 5.22. The Labute approximate surface area is 112 Å². The monoisotopic (exact) mass is 261 g/mol. The summed E-state index contributed by atoms with van der Waals surface area (Å²) < 4.78 is 0. The lowest BCUT2D eigenvalue weighted by atomic mass is 9.95. The van der Waals surface area contributed by atoms with E-state index in [2.05, 4.69) is 27.6 Å². The van der Waals surface area contributed by atoms with Crippen LogP contribution in [-0.2, 0) is 0 Å². The molecule has 1 saturated carbocycles. The van der Waals surface area contributed by atoms with Gasteiger partial charge >= 0.3 is 0 Å². The number of para-hydroxylation sites is 2. The number of nitrogens with one attached hydrogen (secondary N) is 2. The van der Waals surface area contributed by atoms with E-state index in [1.165, 1.54) is 25.7 Å². The van der Waals surface area contributed by atoms with Gasteiger partial charge in [0.2, 0.25) is 5.95 Å². The van der Waals surface area contributed by atoms with E-state index >= 15 is 0 Å². The largest absolute Gasteiger partial charge is 0.353 e. The number of anilines is 1. The first-order valence-corrected chi connectivity index (χ1v) is 7.88. The van der Waals surface area contributed by atoms with E-state index in [0.29, 0.717) is 6.04 Å². The summed E-state index contributed by atoms with van der Waals surface area (Å²) in [4.78, 5) is 7.93. The molecule has 0 spiro atoms. The zero-order valence-electron chi connectivity index (χ0n) is 10.6. The molecule has 1 aliphatic carbocycles. The lowest BCUT2D eigenvalue weighted by molar-refractivity contribution is 0.472. The molecule has 1 aromatic heterocycles. The van der Waals surface area contributed by atoms with Crippen molar-refractivity contribution in [1.29, 1.82) is 0 Å². The minimum Gasteiger partial charge on any atom is -0.353 e. The topological polar surface area (TPSA) is 40.7 Å². The van der Waals surface area contributed by atoms with Gasteiger partial charge in [-0.2, -0.15) is 11.8 Å². The van der Waals surface area contributed by atoms with E-state index in [-0.39, 0.29) is 0 Å². The zero-order chi connectivity index (χ0) is 12.4. The summed E-state index contributed by atoms with van der Waals surface area (Å²) in [6, 6.07) is 8.74. The highest BCUT2D eigenvalue weighted by atomic mass is 32.2. The van der Waals surface area contributed by atoms with Gasteiger partial charge in [-0.3, -0.25) is 0 Å². The van der Waals surface area contributed by atoms with Crippen molar-refractivity contribution in [2.75, 3.05) is 11.6 Å². The number of thioether (sulfide) groups is 1. The third-order valence-electron chi connectivity index (χ3n) is 3.69. The van der Waals surface area contributed by atoms with Crippen LogP contribution in [0.4, 0.5) is 5.95 Å². The van der Waals surface area contributed by atoms with Crippen LogP contribution >= 0.6 is 11.8 Å². The number of hydrogen-bond acceptors (Lipinski definition) is 3. The standard InChI is InChI=1S/C14H19N3S/c1-18-11-6-4-5-10(9-11)15-14-16-12-7-2-3-8-13(12)17-14/h2-3,7-8,10-11H,4-6,9H2,1H3,(H2,15,16,17). The van der Waals surface area contributed by atoms with Gasteiger partial charge in [0.05, 0.1) is 11.0 Å². The van der Waals surface area contributed by atoms with Gasteiger partial charge in [-0.25, -0.2) is 4.98 Å². The first-order chi connectivity index (χ1) is 8.85. The van der Waals surface area contributed by atoms with Crippen LogP contribution in [0, 0.1) is 0 Å². The van der Waals surface area contributed by atoms with Crippen LogP contribution in [0.15, 0.2) is 24.3 Å². The first-order valence-electron chi connectivity index (χ1n) is 6.59. The number of nitrogens with zero attached hydrogens (tertiary/aromatic N) is 1. The summed E-state index contributed by atoms with van der Waals surface area (Å²) in [5.74, 6) is 0.919. The first kappa shape index (κ1) is 11.9. The lowest BCUT2D eigenvalue weighted by Crippen LogP contribution is -2.28. The number of hydrogen-bond donors (Lipinski definition) is 2. The second-order valence-corrected chi connectivity index (χ2v) is 6.11. The number of aromatic nitrogens is 2. The molecule has 96 valence electrons. The van der Waals surface area contributed by atoms with Crippen LogP contribution in [0.3, 0.4) is 0 Å². The van der Waals surface area contributed by atoms with Crippen molar-refractivity contribution in [2.24, 2.45) is 0 Å². The Morgan fingerprint density at radius 2 is 2.22 bits per heavy atom. The van der Waals surface area contributed by atoms with Gasteiger partial charge in [0.15, 0.2) is 0 Å². The van der Waals surface area contributed by atoms with Crippen LogP contribution in [0.1, 0.15) is 25.7 Å². The van der Waals surface area contributed by atoms with Crippen molar-refractivity contribution < 1.29 is 0 Å². The van der Waals surface area contributed by atoms with Gasteiger partial charge < -0.3 is 10.3 Å². The van der Waals surface area contributed by atoms with E-state index in [1.807, 2.05) is 30.0 Å². The fourth-order valence-electron chi connectivity index (χ4n) is 2.70. The average molecular weight is 261 g/mol. The predicted molar refractivity (Wildman–Crippen MR) is 79.3 cm³/mol. The molecule has 0 aliphatic heterocycles. The summed E-state index contributed by atoms with van der Waals surface area (Å²) in [5, 5.41) is 4.36. The highest BCUT2D eigenvalue weighted by Gasteiger charge is 2.21. The number of fused-ring (bicyclic) bond motifs is 1. The number of rotatable bonds is 3. The molecule has 3 rings (SSSR count). The molecule has 0 saturated heterocycles. The summed E-state index contributed by atoms with van der Waals surface area (Å²) in [6.07, 6.45) is 7.41. The molecule has 2 N–H and O–H groups in total. The van der Waals surface area contributed by atoms with Crippen molar-refractivity contribution in [3.05, 3.63) is 24.3 Å². The molecule has 0 bridgehead atoms. The summed E-state index contributed by atoms with van der Waals surface area (Å²) in [5.41, 5.74) is 2.15. The Balaban J connectivity index is 1.71. The maximum Gasteiger partial charge on any atom is 0.201 e. The van der Waals surface area contributed by atoms with E-state index in [1.54, 1.807) is 0 Å². The van der Waals surface area contributed by atoms with Gasteiger partial charge in [0, 0.05) is 11.3 Å². The van der Waals surface area contributed by atoms with Gasteiger partial charge in [-0.15, -0.1) is 0 Å². The van der Waals surface area contributed by atoms with E-state index in [0.717, 1.165) is 22.2 Å². The van der Waals surface area contributed by atoms with Gasteiger partial charge in [0.1, 0.15) is 0 Å². The van der Waals surface area contributed by atoms with Crippen LogP contribution in [0.2, 0.25) is 0 Å². The Kier molecular flexibility index (Phi) is 3.46. The summed E-state index contributed by atoms with van der Waals surface area (Å²) >= 11 is 1.99. The molecule has 1 fully saturated rings. The average Bonchev–Trinajstić information content (AvgIpc) is 2.81. The molecule has 1 heterocycles. The van der Waals surface area contributed by atoms with E-state index in [4.69, 9.17) is 0 Å². The smallest absolute Gasteiger partial charge is 0.201 e. The molecule has 2 unspecified atom stereocenters. The van der Waals surface area contributed by atoms with Gasteiger partial charge in [-0.1, -0.05) is 18.6 Å². The van der Waals surface area contributed by atoms with Crippen molar-refractivity contribution >= 4 is 28.7 Å². The molecule has 4 heteroatoms. The van der Waals surface area contributed by atoms with Crippen molar-refractivity contribution in [3.63, 3.8) is 0 Å². The normalized spacial score (nSPS) is 24.3. The number of aromatic amines is 1. The molecular weight excluding hydrogens is 242 g/mol. The fourth-order valence-corrected chi connectivity index (χ4v) is 3.53. The predicted octanol–water partition coefficient (Wildman–Crippen LogP) is 3.65. The molecular formula is C14H19N3S. The highest BCUT2D eigenvalue weighted by Crippen LogP contribution is 2.28. The minimum atomic E-state index is 0.566. The number of imidazole rings is 1. The molecule has 18 heavy (non-hydrogen) atoms. The molecule has 3 nitrogen and oxygen atoms in total. The highest BCUT2D eigenvalue weighted by molar-refractivity contribution is 7.99. The number of benzene rings is 1. The molecule has 1 aromatic carbocycles. The van der Waals surface area contributed by atoms with Gasteiger partial charge in [0.25, 0.3) is 0 Å². The van der Waals surface area contributed by atoms with Crippen LogP contribution in [0.5, 0.6) is 0 Å². The summed E-state index contributed by atoms with van der Waals surface area (Å²) in [7, 11) is 0. The number of H-pyrrole nitrogens is 1. The van der Waals surface area contributed by atoms with E-state index in [9.17, 15) is 0 Å². The second-order valence-electron chi connectivity index (χ2n) is 4.97. The molecule has 1 aliphatic rings. The quantitative estimate of drug-likeness (QED) is 0.886. The van der Waals surface area contributed by atoms with Crippen molar-refractivity contribution in [1.82, 2.24) is 9.97 Å². The Morgan fingerprint density at radius 1 is 1.33 bits per heavy atom. The maximum absolute atomic E-state index is 4.58. The Morgan fingerprint density at radius 3 is 3.06 bits per heavy atom. The molecule has 0 radical (unpaired) electrons.